The van der Waals surface area contributed by atoms with Crippen molar-refractivity contribution in [1.29, 1.82) is 0 Å². The first-order valence-electron chi connectivity index (χ1n) is 10.7. The quantitative estimate of drug-likeness (QED) is 0.294. The van der Waals surface area contributed by atoms with E-state index in [1.54, 1.807) is 0 Å². The number of rotatable bonds is 9. The second-order valence-electron chi connectivity index (χ2n) is 8.25. The van der Waals surface area contributed by atoms with Gasteiger partial charge < -0.3 is 10.3 Å². The van der Waals surface area contributed by atoms with E-state index < -0.39 is 23.3 Å². The van der Waals surface area contributed by atoms with Crippen LogP contribution in [0.1, 0.15) is 56.5 Å². The Bertz CT molecular complexity index is 1400. The molecule has 3 heterocycles. The van der Waals surface area contributed by atoms with E-state index in [9.17, 15) is 18.4 Å². The highest BCUT2D eigenvalue weighted by atomic mass is 32.1. The highest BCUT2D eigenvalue weighted by molar-refractivity contribution is 7.14. The van der Waals surface area contributed by atoms with Crippen molar-refractivity contribution in [2.75, 3.05) is 0 Å². The fourth-order valence-corrected chi connectivity index (χ4v) is 4.23. The molecule has 3 N–H and O–H groups in total. The lowest BCUT2D eigenvalue weighted by Gasteiger charge is -2.06. The molecule has 4 rings (SSSR count). The summed E-state index contributed by atoms with van der Waals surface area (Å²) in [5.74, 6) is -2.50. The van der Waals surface area contributed by atoms with E-state index in [0.717, 1.165) is 18.2 Å². The molecule has 0 aliphatic rings. The van der Waals surface area contributed by atoms with Crippen molar-refractivity contribution in [2.24, 2.45) is 5.92 Å². The zero-order valence-electron chi connectivity index (χ0n) is 19.0. The number of nitrogens with zero attached hydrogens (tertiary/aromatic N) is 3. The largest absolute Gasteiger partial charge is 0.356 e. The molecule has 0 bridgehead atoms. The molecule has 0 unspecified atom stereocenters. The average molecular weight is 497 g/mol. The molecule has 0 aliphatic heterocycles. The maximum absolute atomic E-state index is 14.3. The van der Waals surface area contributed by atoms with E-state index in [1.807, 2.05) is 6.07 Å². The SMILES string of the molecule is C=Cc1cc(F)cc(F)c1C(=O)c1c[nH]c(C(=O)NCc2nnc(-c3cc(CC(C)C)[nH]n3)s2)c1. The normalized spacial score (nSPS) is 11.1. The molecule has 8 nitrogen and oxygen atoms in total. The first-order valence-corrected chi connectivity index (χ1v) is 11.6. The van der Waals surface area contributed by atoms with E-state index in [2.05, 4.69) is 51.1 Å². The van der Waals surface area contributed by atoms with Gasteiger partial charge in [0.1, 0.15) is 28.0 Å². The molecule has 1 aromatic carbocycles. The molecule has 35 heavy (non-hydrogen) atoms. The van der Waals surface area contributed by atoms with Gasteiger partial charge in [0.05, 0.1) is 12.1 Å². The molecule has 0 radical (unpaired) electrons. The van der Waals surface area contributed by atoms with Gasteiger partial charge in [-0.15, -0.1) is 10.2 Å². The van der Waals surface area contributed by atoms with Crippen molar-refractivity contribution >= 4 is 29.1 Å². The summed E-state index contributed by atoms with van der Waals surface area (Å²) in [4.78, 5) is 28.0. The second kappa shape index (κ2) is 10.1. The first kappa shape index (κ1) is 24.1. The molecule has 1 amide bonds. The molecule has 0 saturated heterocycles. The molecule has 11 heteroatoms. The third kappa shape index (κ3) is 5.40. The van der Waals surface area contributed by atoms with Crippen molar-refractivity contribution in [2.45, 2.75) is 26.8 Å². The van der Waals surface area contributed by atoms with Crippen LogP contribution >= 0.6 is 11.3 Å². The minimum atomic E-state index is -1.00. The number of halogens is 2. The maximum atomic E-state index is 14.3. The summed E-state index contributed by atoms with van der Waals surface area (Å²) in [5.41, 5.74) is 1.57. The Hall–Kier alpha value is -3.99. The third-order valence-corrected chi connectivity index (χ3v) is 6.01. The summed E-state index contributed by atoms with van der Waals surface area (Å²) < 4.78 is 27.7. The van der Waals surface area contributed by atoms with E-state index >= 15 is 0 Å². The number of aromatic nitrogens is 5. The van der Waals surface area contributed by atoms with E-state index in [1.165, 1.54) is 29.7 Å². The van der Waals surface area contributed by atoms with Gasteiger partial charge in [0.2, 0.25) is 0 Å². The third-order valence-electron chi connectivity index (χ3n) is 5.07. The predicted molar refractivity (Wildman–Crippen MR) is 128 cm³/mol. The Morgan fingerprint density at radius 3 is 2.74 bits per heavy atom. The second-order valence-corrected chi connectivity index (χ2v) is 9.31. The Morgan fingerprint density at radius 2 is 2.00 bits per heavy atom. The molecular weight excluding hydrogens is 474 g/mol. The number of H-pyrrole nitrogens is 2. The first-order chi connectivity index (χ1) is 16.7. The van der Waals surface area contributed by atoms with Gasteiger partial charge in [-0.2, -0.15) is 5.10 Å². The van der Waals surface area contributed by atoms with Gasteiger partial charge in [-0.25, -0.2) is 8.78 Å². The maximum Gasteiger partial charge on any atom is 0.268 e. The van der Waals surface area contributed by atoms with Crippen molar-refractivity contribution < 1.29 is 18.4 Å². The van der Waals surface area contributed by atoms with E-state index in [4.69, 9.17) is 0 Å². The molecule has 0 fully saturated rings. The van der Waals surface area contributed by atoms with Crippen molar-refractivity contribution in [1.82, 2.24) is 30.7 Å². The monoisotopic (exact) mass is 496 g/mol. The van der Waals surface area contributed by atoms with Crippen molar-refractivity contribution in [3.8, 4) is 10.7 Å². The van der Waals surface area contributed by atoms with Crippen LogP contribution in [-0.4, -0.2) is 37.1 Å². The predicted octanol–water partition coefficient (Wildman–Crippen LogP) is 4.54. The van der Waals surface area contributed by atoms with Crippen LogP contribution in [0.25, 0.3) is 16.8 Å². The summed E-state index contributed by atoms with van der Waals surface area (Å²) in [7, 11) is 0. The molecule has 0 atom stereocenters. The van der Waals surface area contributed by atoms with Crippen LogP contribution in [0.5, 0.6) is 0 Å². The van der Waals surface area contributed by atoms with Gasteiger partial charge in [-0.05, 0) is 36.1 Å². The van der Waals surface area contributed by atoms with E-state index in [-0.39, 0.29) is 28.9 Å². The van der Waals surface area contributed by atoms with Gasteiger partial charge in [-0.3, -0.25) is 14.7 Å². The van der Waals surface area contributed by atoms with Gasteiger partial charge >= 0.3 is 0 Å². The van der Waals surface area contributed by atoms with Crippen LogP contribution in [0.4, 0.5) is 8.78 Å². The summed E-state index contributed by atoms with van der Waals surface area (Å²) in [5, 5.41) is 19.4. The van der Waals surface area contributed by atoms with Crippen LogP contribution in [0.15, 0.2) is 37.0 Å². The number of aromatic amines is 2. The number of hydrogen-bond acceptors (Lipinski definition) is 6. The average Bonchev–Trinajstić information content (AvgIpc) is 3.56. The molecule has 4 aromatic rings. The fourth-order valence-electron chi connectivity index (χ4n) is 3.49. The lowest BCUT2D eigenvalue weighted by molar-refractivity contribution is 0.0946. The van der Waals surface area contributed by atoms with Crippen LogP contribution in [-0.2, 0) is 13.0 Å². The zero-order valence-corrected chi connectivity index (χ0v) is 19.8. The number of benzene rings is 1. The number of carbonyl (C=O) groups is 2. The van der Waals surface area contributed by atoms with Gasteiger partial charge in [0.15, 0.2) is 10.8 Å². The standard InChI is InChI=1S/C24H22F2N6O2S/c1-4-13-6-15(25)8-17(26)21(13)22(33)14-7-18(27-10-14)23(34)28-11-20-31-32-24(35-20)19-9-16(29-30-19)5-12(2)3/h4,6-10,12,27H,1,5,11H2,2-3H3,(H,28,34)(H,29,30). The molecule has 0 saturated carbocycles. The van der Waals surface area contributed by atoms with Crippen LogP contribution < -0.4 is 5.32 Å². The van der Waals surface area contributed by atoms with Crippen LogP contribution in [0.3, 0.4) is 0 Å². The summed E-state index contributed by atoms with van der Waals surface area (Å²) in [6.45, 7) is 7.86. The number of nitrogens with one attached hydrogen (secondary N) is 3. The van der Waals surface area contributed by atoms with Gasteiger partial charge in [0, 0.05) is 23.5 Å². The number of hydrogen-bond donors (Lipinski definition) is 3. The molecule has 0 aliphatic carbocycles. The number of ketones is 1. The van der Waals surface area contributed by atoms with Crippen LogP contribution in [0.2, 0.25) is 0 Å². The van der Waals surface area contributed by atoms with Crippen molar-refractivity contribution in [3.05, 3.63) is 81.8 Å². The number of carbonyl (C=O) groups excluding carboxylic acids is 2. The van der Waals surface area contributed by atoms with Gasteiger partial charge in [0.25, 0.3) is 5.91 Å². The van der Waals surface area contributed by atoms with E-state index in [0.29, 0.717) is 27.7 Å². The Balaban J connectivity index is 1.41. The topological polar surface area (TPSA) is 116 Å². The minimum absolute atomic E-state index is 0.0278. The molecular formula is C24H22F2N6O2S. The molecule has 0 spiro atoms. The Kier molecular flexibility index (Phi) is 6.97. The fraction of sp³-hybridized carbons (Fsp3) is 0.208. The lowest BCUT2D eigenvalue weighted by Crippen LogP contribution is -2.23. The lowest BCUT2D eigenvalue weighted by atomic mass is 9.99. The summed E-state index contributed by atoms with van der Waals surface area (Å²) in [6.07, 6.45) is 3.37. The zero-order chi connectivity index (χ0) is 25.1. The molecule has 3 aromatic heterocycles. The smallest absolute Gasteiger partial charge is 0.268 e. The van der Waals surface area contributed by atoms with Gasteiger partial charge in [-0.1, -0.05) is 37.8 Å². The Labute approximate surface area is 203 Å². The minimum Gasteiger partial charge on any atom is -0.356 e. The number of amides is 1. The Morgan fingerprint density at radius 1 is 1.20 bits per heavy atom. The summed E-state index contributed by atoms with van der Waals surface area (Å²) >= 11 is 1.30. The highest BCUT2D eigenvalue weighted by Crippen LogP contribution is 2.24. The highest BCUT2D eigenvalue weighted by Gasteiger charge is 2.21. The molecule has 180 valence electrons. The van der Waals surface area contributed by atoms with Crippen molar-refractivity contribution in [3.63, 3.8) is 0 Å². The summed E-state index contributed by atoms with van der Waals surface area (Å²) in [6, 6.07) is 4.89. The van der Waals surface area contributed by atoms with Crippen LogP contribution in [0, 0.1) is 17.6 Å².